The molecule has 1 aliphatic heterocycles. The SMILES string of the molecule is CCc1oc(C(=O)NC2CCN(C(C)=O)c3ccccc32)cc1C(=O)O. The van der Waals surface area contributed by atoms with Gasteiger partial charge in [0.2, 0.25) is 5.91 Å². The van der Waals surface area contributed by atoms with Gasteiger partial charge in [-0.15, -0.1) is 0 Å². The second kappa shape index (κ2) is 7.03. The summed E-state index contributed by atoms with van der Waals surface area (Å²) in [5.41, 5.74) is 1.63. The molecular formula is C19H20N2O5. The normalized spacial score (nSPS) is 16.1. The summed E-state index contributed by atoms with van der Waals surface area (Å²) in [6.45, 7) is 3.77. The Hall–Kier alpha value is -3.09. The average molecular weight is 356 g/mol. The van der Waals surface area contributed by atoms with Crippen LogP contribution in [0.15, 0.2) is 34.7 Å². The lowest BCUT2D eigenvalue weighted by molar-refractivity contribution is -0.116. The summed E-state index contributed by atoms with van der Waals surface area (Å²) in [4.78, 5) is 37.3. The smallest absolute Gasteiger partial charge is 0.339 e. The Morgan fingerprint density at radius 1 is 1.31 bits per heavy atom. The zero-order chi connectivity index (χ0) is 18.8. The summed E-state index contributed by atoms with van der Waals surface area (Å²) in [6.07, 6.45) is 0.949. The maximum Gasteiger partial charge on any atom is 0.339 e. The number of fused-ring (bicyclic) bond motifs is 1. The summed E-state index contributed by atoms with van der Waals surface area (Å²) < 4.78 is 5.42. The zero-order valence-corrected chi connectivity index (χ0v) is 14.6. The highest BCUT2D eigenvalue weighted by molar-refractivity contribution is 5.97. The van der Waals surface area contributed by atoms with E-state index in [1.165, 1.54) is 13.0 Å². The first-order chi connectivity index (χ1) is 12.4. The highest BCUT2D eigenvalue weighted by atomic mass is 16.4. The molecule has 7 nitrogen and oxygen atoms in total. The number of aromatic carboxylic acids is 1. The van der Waals surface area contributed by atoms with Crippen molar-refractivity contribution in [1.82, 2.24) is 5.32 Å². The number of amides is 2. The summed E-state index contributed by atoms with van der Waals surface area (Å²) in [7, 11) is 0. The van der Waals surface area contributed by atoms with E-state index in [0.717, 1.165) is 11.3 Å². The number of carbonyl (C=O) groups excluding carboxylic acids is 2. The minimum absolute atomic E-state index is 0.00412. The van der Waals surface area contributed by atoms with E-state index in [4.69, 9.17) is 4.42 Å². The molecule has 0 radical (unpaired) electrons. The van der Waals surface area contributed by atoms with E-state index in [1.807, 2.05) is 24.3 Å². The van der Waals surface area contributed by atoms with Crippen LogP contribution in [0, 0.1) is 0 Å². The zero-order valence-electron chi connectivity index (χ0n) is 14.6. The van der Waals surface area contributed by atoms with Gasteiger partial charge in [0, 0.05) is 31.6 Å². The quantitative estimate of drug-likeness (QED) is 0.877. The van der Waals surface area contributed by atoms with Gasteiger partial charge in [-0.25, -0.2) is 4.79 Å². The predicted molar refractivity (Wildman–Crippen MR) is 94.3 cm³/mol. The van der Waals surface area contributed by atoms with Crippen LogP contribution in [-0.4, -0.2) is 29.4 Å². The number of furan rings is 1. The van der Waals surface area contributed by atoms with Gasteiger partial charge in [-0.2, -0.15) is 0 Å². The number of benzene rings is 1. The molecule has 2 amide bonds. The van der Waals surface area contributed by atoms with Gasteiger partial charge in [0.25, 0.3) is 5.91 Å². The summed E-state index contributed by atoms with van der Waals surface area (Å²) in [6, 6.07) is 8.40. The van der Waals surface area contributed by atoms with Crippen LogP contribution in [0.3, 0.4) is 0 Å². The number of hydrogen-bond donors (Lipinski definition) is 2. The molecule has 0 saturated heterocycles. The first kappa shape index (κ1) is 17.7. The van der Waals surface area contributed by atoms with Gasteiger partial charge in [0.05, 0.1) is 6.04 Å². The number of hydrogen-bond acceptors (Lipinski definition) is 4. The van der Waals surface area contributed by atoms with Crippen molar-refractivity contribution < 1.29 is 23.9 Å². The molecule has 2 heterocycles. The number of nitrogens with one attached hydrogen (secondary N) is 1. The molecule has 2 N–H and O–H groups in total. The fourth-order valence-corrected chi connectivity index (χ4v) is 3.25. The van der Waals surface area contributed by atoms with Gasteiger partial charge in [-0.1, -0.05) is 25.1 Å². The lowest BCUT2D eigenvalue weighted by atomic mass is 9.96. The molecular weight excluding hydrogens is 336 g/mol. The topological polar surface area (TPSA) is 99.9 Å². The Balaban J connectivity index is 1.85. The second-order valence-electron chi connectivity index (χ2n) is 6.15. The third-order valence-corrected chi connectivity index (χ3v) is 4.51. The molecule has 2 aromatic rings. The lowest BCUT2D eigenvalue weighted by Crippen LogP contribution is -2.40. The molecule has 136 valence electrons. The molecule has 1 aliphatic rings. The Morgan fingerprint density at radius 3 is 2.65 bits per heavy atom. The fourth-order valence-electron chi connectivity index (χ4n) is 3.25. The Bertz CT molecular complexity index is 871. The molecule has 7 heteroatoms. The van der Waals surface area contributed by atoms with E-state index < -0.39 is 11.9 Å². The van der Waals surface area contributed by atoms with E-state index >= 15 is 0 Å². The Morgan fingerprint density at radius 2 is 2.04 bits per heavy atom. The first-order valence-corrected chi connectivity index (χ1v) is 8.46. The van der Waals surface area contributed by atoms with E-state index in [9.17, 15) is 19.5 Å². The highest BCUT2D eigenvalue weighted by Gasteiger charge is 2.29. The average Bonchev–Trinajstić information content (AvgIpc) is 3.06. The number of aryl methyl sites for hydroxylation is 1. The van der Waals surface area contributed by atoms with Crippen molar-refractivity contribution in [2.75, 3.05) is 11.4 Å². The molecule has 1 atom stereocenters. The molecule has 1 aromatic carbocycles. The largest absolute Gasteiger partial charge is 0.478 e. The van der Waals surface area contributed by atoms with Crippen molar-refractivity contribution in [3.05, 3.63) is 53.0 Å². The fraction of sp³-hybridized carbons (Fsp3) is 0.316. The number of carboxylic acids is 1. The maximum atomic E-state index is 12.6. The highest BCUT2D eigenvalue weighted by Crippen LogP contribution is 2.34. The summed E-state index contributed by atoms with van der Waals surface area (Å²) >= 11 is 0. The van der Waals surface area contributed by atoms with Crippen LogP contribution in [0.1, 0.15) is 58.5 Å². The van der Waals surface area contributed by atoms with Crippen molar-refractivity contribution in [1.29, 1.82) is 0 Å². The van der Waals surface area contributed by atoms with Gasteiger partial charge in [-0.05, 0) is 18.1 Å². The number of rotatable bonds is 4. The standard InChI is InChI=1S/C19H20N2O5/c1-3-16-13(19(24)25)10-17(26-16)18(23)20-14-8-9-21(11(2)22)15-7-5-4-6-12(14)15/h4-7,10,14H,3,8-9H2,1-2H3,(H,20,23)(H,24,25). The molecule has 0 aliphatic carbocycles. The van der Waals surface area contributed by atoms with Crippen LogP contribution in [0.25, 0.3) is 0 Å². The van der Waals surface area contributed by atoms with Gasteiger partial charge in [0.1, 0.15) is 11.3 Å². The molecule has 0 fully saturated rings. The van der Waals surface area contributed by atoms with E-state index in [-0.39, 0.29) is 29.0 Å². The minimum atomic E-state index is -1.12. The summed E-state index contributed by atoms with van der Waals surface area (Å²) in [5.74, 6) is -1.39. The predicted octanol–water partition coefficient (Wildman–Crippen LogP) is 2.77. The van der Waals surface area contributed by atoms with Crippen LogP contribution in [0.5, 0.6) is 0 Å². The number of anilines is 1. The summed E-state index contributed by atoms with van der Waals surface area (Å²) in [5, 5.41) is 12.1. The van der Waals surface area contributed by atoms with Crippen molar-refractivity contribution in [2.45, 2.75) is 32.7 Å². The molecule has 1 unspecified atom stereocenters. The Labute approximate surface area is 150 Å². The van der Waals surface area contributed by atoms with E-state index in [2.05, 4.69) is 5.32 Å². The molecule has 0 saturated carbocycles. The molecule has 0 spiro atoms. The van der Waals surface area contributed by atoms with Gasteiger partial charge in [0.15, 0.2) is 5.76 Å². The lowest BCUT2D eigenvalue weighted by Gasteiger charge is -2.34. The molecule has 0 bridgehead atoms. The van der Waals surface area contributed by atoms with Crippen LogP contribution >= 0.6 is 0 Å². The maximum absolute atomic E-state index is 12.6. The van der Waals surface area contributed by atoms with Crippen molar-refractivity contribution in [3.8, 4) is 0 Å². The van der Waals surface area contributed by atoms with Gasteiger partial charge in [-0.3, -0.25) is 9.59 Å². The Kier molecular flexibility index (Phi) is 4.79. The number of para-hydroxylation sites is 1. The minimum Gasteiger partial charge on any atom is -0.478 e. The third-order valence-electron chi connectivity index (χ3n) is 4.51. The van der Waals surface area contributed by atoms with E-state index in [0.29, 0.717) is 19.4 Å². The number of carboxylic acid groups (broad SMARTS) is 1. The number of nitrogens with zero attached hydrogens (tertiary/aromatic N) is 1. The van der Waals surface area contributed by atoms with Crippen LogP contribution < -0.4 is 10.2 Å². The van der Waals surface area contributed by atoms with Crippen molar-refractivity contribution in [3.63, 3.8) is 0 Å². The van der Waals surface area contributed by atoms with E-state index in [1.54, 1.807) is 11.8 Å². The number of carbonyl (C=O) groups is 3. The van der Waals surface area contributed by atoms with Crippen molar-refractivity contribution in [2.24, 2.45) is 0 Å². The molecule has 3 rings (SSSR count). The third kappa shape index (κ3) is 3.20. The second-order valence-corrected chi connectivity index (χ2v) is 6.15. The van der Waals surface area contributed by atoms with Gasteiger partial charge >= 0.3 is 5.97 Å². The monoisotopic (exact) mass is 356 g/mol. The molecule has 26 heavy (non-hydrogen) atoms. The molecule has 1 aromatic heterocycles. The van der Waals surface area contributed by atoms with Crippen LogP contribution in [0.4, 0.5) is 5.69 Å². The first-order valence-electron chi connectivity index (χ1n) is 8.46. The van der Waals surface area contributed by atoms with Gasteiger partial charge < -0.3 is 19.7 Å². The van der Waals surface area contributed by atoms with Crippen LogP contribution in [0.2, 0.25) is 0 Å². The van der Waals surface area contributed by atoms with Crippen LogP contribution in [-0.2, 0) is 11.2 Å². The van der Waals surface area contributed by atoms with Crippen molar-refractivity contribution >= 4 is 23.5 Å².